The molecule has 1 aliphatic rings. The van der Waals surface area contributed by atoms with Gasteiger partial charge in [0.2, 0.25) is 0 Å². The zero-order chi connectivity index (χ0) is 10.1. The normalized spacial score (nSPS) is 14.1. The van der Waals surface area contributed by atoms with E-state index in [0.29, 0.717) is 5.92 Å². The number of hydrogen-bond acceptors (Lipinski definition) is 2. The molecule has 0 bridgehead atoms. The molecule has 0 saturated heterocycles. The van der Waals surface area contributed by atoms with E-state index < -0.39 is 0 Å². The number of methoxy groups -OCH3 is 1. The second-order valence-electron chi connectivity index (χ2n) is 3.93. The fourth-order valence-electron chi connectivity index (χ4n) is 1.66. The van der Waals surface area contributed by atoms with Gasteiger partial charge in [-0.2, -0.15) is 0 Å². The molecule has 0 atom stereocenters. The first-order valence-electron chi connectivity index (χ1n) is 4.95. The lowest BCUT2D eigenvalue weighted by Crippen LogP contribution is -2.06. The SMILES string of the molecule is COc1ccc2c(c1)CC(C(C)C)=N2. The van der Waals surface area contributed by atoms with E-state index in [2.05, 4.69) is 24.9 Å². The highest BCUT2D eigenvalue weighted by atomic mass is 16.5. The standard InChI is InChI=1S/C12H15NO/c1-8(2)12-7-9-6-10(14-3)4-5-11(9)13-12/h4-6,8H,7H2,1-3H3. The van der Waals surface area contributed by atoms with Crippen molar-refractivity contribution in [2.45, 2.75) is 20.3 Å². The predicted molar refractivity (Wildman–Crippen MR) is 58.6 cm³/mol. The average Bonchev–Trinajstić information content (AvgIpc) is 2.59. The Morgan fingerprint density at radius 3 is 2.79 bits per heavy atom. The van der Waals surface area contributed by atoms with Crippen LogP contribution >= 0.6 is 0 Å². The third-order valence-electron chi connectivity index (χ3n) is 2.59. The summed E-state index contributed by atoms with van der Waals surface area (Å²) in [5, 5.41) is 0. The van der Waals surface area contributed by atoms with Crippen molar-refractivity contribution < 1.29 is 4.74 Å². The van der Waals surface area contributed by atoms with Gasteiger partial charge in [-0.3, -0.25) is 4.99 Å². The van der Waals surface area contributed by atoms with Crippen LogP contribution in [0.25, 0.3) is 0 Å². The Kier molecular flexibility index (Phi) is 2.28. The van der Waals surface area contributed by atoms with Crippen molar-refractivity contribution in [1.82, 2.24) is 0 Å². The number of rotatable bonds is 2. The van der Waals surface area contributed by atoms with Gasteiger partial charge in [-0.15, -0.1) is 0 Å². The molecule has 0 fully saturated rings. The van der Waals surface area contributed by atoms with Crippen molar-refractivity contribution in [3.05, 3.63) is 23.8 Å². The highest BCUT2D eigenvalue weighted by Crippen LogP contribution is 2.31. The quantitative estimate of drug-likeness (QED) is 0.700. The third-order valence-corrected chi connectivity index (χ3v) is 2.59. The summed E-state index contributed by atoms with van der Waals surface area (Å²) < 4.78 is 5.18. The Morgan fingerprint density at radius 2 is 2.14 bits per heavy atom. The molecule has 0 aromatic heterocycles. The molecule has 74 valence electrons. The molecule has 0 N–H and O–H groups in total. The van der Waals surface area contributed by atoms with Gasteiger partial charge in [-0.1, -0.05) is 13.8 Å². The zero-order valence-corrected chi connectivity index (χ0v) is 8.87. The third kappa shape index (κ3) is 1.52. The van der Waals surface area contributed by atoms with Gasteiger partial charge in [0.15, 0.2) is 0 Å². The van der Waals surface area contributed by atoms with E-state index in [1.807, 2.05) is 12.1 Å². The first kappa shape index (κ1) is 9.25. The lowest BCUT2D eigenvalue weighted by molar-refractivity contribution is 0.414. The number of ether oxygens (including phenoxy) is 1. The zero-order valence-electron chi connectivity index (χ0n) is 8.87. The van der Waals surface area contributed by atoms with Gasteiger partial charge in [0, 0.05) is 12.1 Å². The van der Waals surface area contributed by atoms with Gasteiger partial charge in [0.1, 0.15) is 5.75 Å². The lowest BCUT2D eigenvalue weighted by Gasteiger charge is -2.03. The summed E-state index contributed by atoms with van der Waals surface area (Å²) in [6.07, 6.45) is 0.976. The van der Waals surface area contributed by atoms with Gasteiger partial charge in [-0.05, 0) is 29.7 Å². The summed E-state index contributed by atoms with van der Waals surface area (Å²) in [4.78, 5) is 4.59. The van der Waals surface area contributed by atoms with Crippen LogP contribution in [0, 0.1) is 5.92 Å². The van der Waals surface area contributed by atoms with Crippen molar-refractivity contribution in [1.29, 1.82) is 0 Å². The summed E-state index contributed by atoms with van der Waals surface area (Å²) in [7, 11) is 1.70. The van der Waals surface area contributed by atoms with Crippen molar-refractivity contribution in [2.75, 3.05) is 7.11 Å². The average molecular weight is 189 g/mol. The maximum Gasteiger partial charge on any atom is 0.119 e. The van der Waals surface area contributed by atoms with E-state index >= 15 is 0 Å². The summed E-state index contributed by atoms with van der Waals surface area (Å²) in [5.41, 5.74) is 3.66. The van der Waals surface area contributed by atoms with Crippen LogP contribution in [0.1, 0.15) is 19.4 Å². The summed E-state index contributed by atoms with van der Waals surface area (Å²) >= 11 is 0. The van der Waals surface area contributed by atoms with Gasteiger partial charge < -0.3 is 4.74 Å². The number of fused-ring (bicyclic) bond motifs is 1. The molecule has 1 aromatic carbocycles. The van der Waals surface area contributed by atoms with E-state index in [1.165, 1.54) is 11.3 Å². The van der Waals surface area contributed by atoms with Crippen molar-refractivity contribution in [2.24, 2.45) is 10.9 Å². The van der Waals surface area contributed by atoms with Crippen molar-refractivity contribution in [3.8, 4) is 5.75 Å². The van der Waals surface area contributed by atoms with Crippen molar-refractivity contribution in [3.63, 3.8) is 0 Å². The smallest absolute Gasteiger partial charge is 0.119 e. The van der Waals surface area contributed by atoms with Crippen LogP contribution in [0.4, 0.5) is 5.69 Å². The summed E-state index contributed by atoms with van der Waals surface area (Å²) in [6.45, 7) is 4.36. The van der Waals surface area contributed by atoms with Crippen LogP contribution in [0.5, 0.6) is 5.75 Å². The predicted octanol–water partition coefficient (Wildman–Crippen LogP) is 2.98. The molecule has 0 radical (unpaired) electrons. The molecule has 2 heteroatoms. The Bertz CT molecular complexity index is 380. The first-order chi connectivity index (χ1) is 6.70. The number of benzene rings is 1. The molecule has 1 aromatic rings. The number of aliphatic imine (C=N–C) groups is 1. The monoisotopic (exact) mass is 189 g/mol. The highest BCUT2D eigenvalue weighted by Gasteiger charge is 2.17. The van der Waals surface area contributed by atoms with Gasteiger partial charge in [0.25, 0.3) is 0 Å². The van der Waals surface area contributed by atoms with Crippen molar-refractivity contribution >= 4 is 11.4 Å². The Labute approximate surface area is 84.6 Å². The minimum atomic E-state index is 0.536. The summed E-state index contributed by atoms with van der Waals surface area (Å²) in [6, 6.07) is 6.07. The second kappa shape index (κ2) is 3.45. The van der Waals surface area contributed by atoms with E-state index in [9.17, 15) is 0 Å². The Balaban J connectivity index is 2.31. The minimum Gasteiger partial charge on any atom is -0.497 e. The molecule has 0 spiro atoms. The molecule has 0 unspecified atom stereocenters. The lowest BCUT2D eigenvalue weighted by atomic mass is 10.0. The molecule has 1 aliphatic heterocycles. The van der Waals surface area contributed by atoms with Crippen LogP contribution < -0.4 is 4.74 Å². The molecule has 14 heavy (non-hydrogen) atoms. The van der Waals surface area contributed by atoms with Crippen LogP contribution in [0.15, 0.2) is 23.2 Å². The van der Waals surface area contributed by atoms with Gasteiger partial charge >= 0.3 is 0 Å². The fourth-order valence-corrected chi connectivity index (χ4v) is 1.66. The van der Waals surface area contributed by atoms with E-state index in [1.54, 1.807) is 7.11 Å². The molecule has 2 nitrogen and oxygen atoms in total. The van der Waals surface area contributed by atoms with E-state index in [4.69, 9.17) is 4.74 Å². The molecular weight excluding hydrogens is 174 g/mol. The largest absolute Gasteiger partial charge is 0.497 e. The van der Waals surface area contributed by atoms with E-state index in [0.717, 1.165) is 17.9 Å². The molecule has 0 aliphatic carbocycles. The highest BCUT2D eigenvalue weighted by molar-refractivity contribution is 5.95. The minimum absolute atomic E-state index is 0.536. The molecule has 0 amide bonds. The molecule has 0 saturated carbocycles. The molecule has 2 rings (SSSR count). The molecule has 1 heterocycles. The van der Waals surface area contributed by atoms with Crippen LogP contribution in [-0.2, 0) is 6.42 Å². The fraction of sp³-hybridized carbons (Fsp3) is 0.417. The van der Waals surface area contributed by atoms with Crippen LogP contribution in [0.3, 0.4) is 0 Å². The van der Waals surface area contributed by atoms with Gasteiger partial charge in [0.05, 0.1) is 12.8 Å². The number of nitrogens with zero attached hydrogens (tertiary/aromatic N) is 1. The van der Waals surface area contributed by atoms with Gasteiger partial charge in [-0.25, -0.2) is 0 Å². The second-order valence-corrected chi connectivity index (χ2v) is 3.93. The summed E-state index contributed by atoms with van der Waals surface area (Å²) in [5.74, 6) is 1.46. The van der Waals surface area contributed by atoms with Crippen LogP contribution in [-0.4, -0.2) is 12.8 Å². The van der Waals surface area contributed by atoms with Crippen LogP contribution in [0.2, 0.25) is 0 Å². The maximum absolute atomic E-state index is 5.18. The topological polar surface area (TPSA) is 21.6 Å². The number of hydrogen-bond donors (Lipinski definition) is 0. The first-order valence-corrected chi connectivity index (χ1v) is 4.95. The van der Waals surface area contributed by atoms with E-state index in [-0.39, 0.29) is 0 Å². The Hall–Kier alpha value is -1.31. The molecular formula is C12H15NO. The Morgan fingerprint density at radius 1 is 1.36 bits per heavy atom. The maximum atomic E-state index is 5.18.